The molecule has 0 spiro atoms. The molecule has 1 aromatic heterocycles. The van der Waals surface area contributed by atoms with E-state index in [2.05, 4.69) is 10.3 Å². The van der Waals surface area contributed by atoms with Crippen molar-refractivity contribution in [2.24, 2.45) is 0 Å². The molecule has 5 heteroatoms. The molecule has 108 valence electrons. The third-order valence-corrected chi connectivity index (χ3v) is 3.60. The highest BCUT2D eigenvalue weighted by Gasteiger charge is 2.25. The molecule has 4 nitrogen and oxygen atoms in total. The van der Waals surface area contributed by atoms with Gasteiger partial charge in [0.05, 0.1) is 5.56 Å². The van der Waals surface area contributed by atoms with Crippen molar-refractivity contribution in [1.82, 2.24) is 10.3 Å². The third kappa shape index (κ3) is 3.00. The molecule has 3 rings (SSSR count). The van der Waals surface area contributed by atoms with Crippen molar-refractivity contribution >= 4 is 17.5 Å². The quantitative estimate of drug-likeness (QED) is 0.948. The minimum absolute atomic E-state index is 0.0725. The van der Waals surface area contributed by atoms with E-state index in [1.807, 2.05) is 25.1 Å². The molecule has 0 bridgehead atoms. The van der Waals surface area contributed by atoms with E-state index in [0.717, 1.165) is 17.5 Å². The number of halogens is 1. The Morgan fingerprint density at radius 1 is 1.52 bits per heavy atom. The van der Waals surface area contributed by atoms with E-state index in [1.54, 1.807) is 18.5 Å². The largest absolute Gasteiger partial charge is 0.489 e. The highest BCUT2D eigenvalue weighted by molar-refractivity contribution is 6.31. The summed E-state index contributed by atoms with van der Waals surface area (Å²) in [5.41, 5.74) is 2.42. The Kier molecular flexibility index (Phi) is 3.80. The van der Waals surface area contributed by atoms with Crippen LogP contribution >= 0.6 is 11.6 Å². The van der Waals surface area contributed by atoms with Crippen molar-refractivity contribution in [2.45, 2.75) is 26.0 Å². The number of ether oxygens (including phenoxy) is 1. The number of benzene rings is 1. The Morgan fingerprint density at radius 2 is 2.38 bits per heavy atom. The monoisotopic (exact) mass is 302 g/mol. The highest BCUT2D eigenvalue weighted by atomic mass is 35.5. The average molecular weight is 303 g/mol. The number of nitrogens with one attached hydrogen (secondary N) is 1. The smallest absolute Gasteiger partial charge is 0.255 e. The number of hydrogen-bond acceptors (Lipinski definition) is 3. The molecule has 1 amide bonds. The van der Waals surface area contributed by atoms with Crippen LogP contribution in [0.1, 0.15) is 28.4 Å². The molecule has 0 radical (unpaired) electrons. The molecule has 21 heavy (non-hydrogen) atoms. The van der Waals surface area contributed by atoms with Crippen molar-refractivity contribution < 1.29 is 9.53 Å². The van der Waals surface area contributed by atoms with Crippen molar-refractivity contribution in [3.63, 3.8) is 0 Å². The third-order valence-electron chi connectivity index (χ3n) is 3.38. The molecule has 1 aliphatic rings. The lowest BCUT2D eigenvalue weighted by Crippen LogP contribution is -2.23. The minimum atomic E-state index is -0.188. The summed E-state index contributed by atoms with van der Waals surface area (Å²) in [7, 11) is 0. The summed E-state index contributed by atoms with van der Waals surface area (Å²) in [4.78, 5) is 16.4. The lowest BCUT2D eigenvalue weighted by molar-refractivity contribution is 0.0946. The van der Waals surface area contributed by atoms with E-state index in [-0.39, 0.29) is 12.0 Å². The molecule has 1 atom stereocenters. The topological polar surface area (TPSA) is 51.2 Å². The van der Waals surface area contributed by atoms with E-state index in [4.69, 9.17) is 16.3 Å². The summed E-state index contributed by atoms with van der Waals surface area (Å²) in [6.07, 6.45) is 4.27. The van der Waals surface area contributed by atoms with Gasteiger partial charge in [0, 0.05) is 35.9 Å². The van der Waals surface area contributed by atoms with Crippen LogP contribution in [-0.2, 0) is 13.0 Å². The van der Waals surface area contributed by atoms with Gasteiger partial charge in [-0.05, 0) is 30.7 Å². The number of pyridine rings is 1. The Labute approximate surface area is 128 Å². The standard InChI is InChI=1S/C16H15ClN2O2/c1-10-5-12-6-13(17)7-14(15(12)21-10)16(20)19-9-11-3-2-4-18-8-11/h2-4,6-8,10H,5,9H2,1H3,(H,19,20)/t10-/m1/s1. The van der Waals surface area contributed by atoms with Crippen LogP contribution in [0.25, 0.3) is 0 Å². The van der Waals surface area contributed by atoms with Gasteiger partial charge in [0.25, 0.3) is 5.91 Å². The number of carbonyl (C=O) groups is 1. The van der Waals surface area contributed by atoms with Crippen LogP contribution in [0.2, 0.25) is 5.02 Å². The maximum Gasteiger partial charge on any atom is 0.255 e. The molecular formula is C16H15ClN2O2. The number of hydrogen-bond donors (Lipinski definition) is 1. The fourth-order valence-electron chi connectivity index (χ4n) is 2.44. The van der Waals surface area contributed by atoms with Crippen LogP contribution in [0.15, 0.2) is 36.7 Å². The molecule has 1 aliphatic heterocycles. The second-order valence-electron chi connectivity index (χ2n) is 5.12. The van der Waals surface area contributed by atoms with Crippen molar-refractivity contribution in [3.05, 3.63) is 58.4 Å². The zero-order chi connectivity index (χ0) is 14.8. The minimum Gasteiger partial charge on any atom is -0.489 e. The van der Waals surface area contributed by atoms with Gasteiger partial charge in [-0.3, -0.25) is 9.78 Å². The van der Waals surface area contributed by atoms with Crippen LogP contribution < -0.4 is 10.1 Å². The van der Waals surface area contributed by atoms with Crippen LogP contribution in [0.4, 0.5) is 0 Å². The highest BCUT2D eigenvalue weighted by Crippen LogP contribution is 2.35. The second kappa shape index (κ2) is 5.74. The number of aromatic nitrogens is 1. The van der Waals surface area contributed by atoms with E-state index in [0.29, 0.717) is 22.9 Å². The van der Waals surface area contributed by atoms with Gasteiger partial charge < -0.3 is 10.1 Å². The first-order valence-corrected chi connectivity index (χ1v) is 7.17. The summed E-state index contributed by atoms with van der Waals surface area (Å²) in [5.74, 6) is 0.460. The Balaban J connectivity index is 1.79. The van der Waals surface area contributed by atoms with E-state index < -0.39 is 0 Å². The summed E-state index contributed by atoms with van der Waals surface area (Å²) in [6, 6.07) is 7.26. The fourth-order valence-corrected chi connectivity index (χ4v) is 2.68. The normalized spacial score (nSPS) is 16.2. The van der Waals surface area contributed by atoms with E-state index in [1.165, 1.54) is 0 Å². The van der Waals surface area contributed by atoms with Crippen molar-refractivity contribution in [1.29, 1.82) is 0 Å². The number of amides is 1. The summed E-state index contributed by atoms with van der Waals surface area (Å²) in [6.45, 7) is 2.40. The lowest BCUT2D eigenvalue weighted by atomic mass is 10.1. The Hall–Kier alpha value is -2.07. The molecule has 2 heterocycles. The number of fused-ring (bicyclic) bond motifs is 1. The van der Waals surface area contributed by atoms with Crippen LogP contribution in [0, 0.1) is 0 Å². The molecule has 0 aliphatic carbocycles. The van der Waals surface area contributed by atoms with Gasteiger partial charge in [0.1, 0.15) is 11.9 Å². The molecule has 0 saturated carbocycles. The molecular weight excluding hydrogens is 288 g/mol. The first kappa shape index (κ1) is 13.9. The van der Waals surface area contributed by atoms with Gasteiger partial charge in [0.2, 0.25) is 0 Å². The van der Waals surface area contributed by atoms with Gasteiger partial charge in [-0.1, -0.05) is 17.7 Å². The van der Waals surface area contributed by atoms with Crippen molar-refractivity contribution in [2.75, 3.05) is 0 Å². The van der Waals surface area contributed by atoms with Gasteiger partial charge in [-0.15, -0.1) is 0 Å². The Bertz CT molecular complexity index is 673. The van der Waals surface area contributed by atoms with Gasteiger partial charge in [-0.2, -0.15) is 0 Å². The van der Waals surface area contributed by atoms with E-state index >= 15 is 0 Å². The molecule has 0 unspecified atom stereocenters. The number of rotatable bonds is 3. The second-order valence-corrected chi connectivity index (χ2v) is 5.55. The predicted molar refractivity (Wildman–Crippen MR) is 80.7 cm³/mol. The molecule has 1 aromatic carbocycles. The van der Waals surface area contributed by atoms with Gasteiger partial charge >= 0.3 is 0 Å². The zero-order valence-electron chi connectivity index (χ0n) is 11.6. The maximum atomic E-state index is 12.4. The molecule has 0 fully saturated rings. The first-order chi connectivity index (χ1) is 10.1. The molecule has 0 saturated heterocycles. The van der Waals surface area contributed by atoms with Crippen LogP contribution in [-0.4, -0.2) is 17.0 Å². The fraction of sp³-hybridized carbons (Fsp3) is 0.250. The number of carbonyl (C=O) groups excluding carboxylic acids is 1. The number of nitrogens with zero attached hydrogens (tertiary/aromatic N) is 1. The van der Waals surface area contributed by atoms with Crippen LogP contribution in [0.3, 0.4) is 0 Å². The van der Waals surface area contributed by atoms with Crippen molar-refractivity contribution in [3.8, 4) is 5.75 Å². The molecule has 2 aromatic rings. The molecule has 1 N–H and O–H groups in total. The zero-order valence-corrected chi connectivity index (χ0v) is 12.4. The van der Waals surface area contributed by atoms with Gasteiger partial charge in [-0.25, -0.2) is 0 Å². The average Bonchev–Trinajstić information content (AvgIpc) is 2.85. The van der Waals surface area contributed by atoms with Gasteiger partial charge in [0.15, 0.2) is 0 Å². The lowest BCUT2D eigenvalue weighted by Gasteiger charge is -2.10. The predicted octanol–water partition coefficient (Wildman–Crippen LogP) is 2.99. The Morgan fingerprint density at radius 3 is 3.14 bits per heavy atom. The van der Waals surface area contributed by atoms with Crippen LogP contribution in [0.5, 0.6) is 5.75 Å². The maximum absolute atomic E-state index is 12.4. The summed E-state index contributed by atoms with van der Waals surface area (Å²) < 4.78 is 5.73. The first-order valence-electron chi connectivity index (χ1n) is 6.79. The SMILES string of the molecule is C[C@@H]1Cc2cc(Cl)cc(C(=O)NCc3cccnc3)c2O1. The van der Waals surface area contributed by atoms with E-state index in [9.17, 15) is 4.79 Å². The summed E-state index contributed by atoms with van der Waals surface area (Å²) >= 11 is 6.09. The summed E-state index contributed by atoms with van der Waals surface area (Å²) in [5, 5.41) is 3.42.